The SMILES string of the molecule is CCCc1nc(CN(C)C[C@H]2CCCN2c2cccnn2)cs1. The Bertz CT molecular complexity index is 600. The van der Waals surface area contributed by atoms with Gasteiger partial charge in [-0.15, -0.1) is 16.4 Å². The molecule has 1 saturated heterocycles. The first-order chi connectivity index (χ1) is 11.3. The van der Waals surface area contributed by atoms with E-state index in [1.165, 1.54) is 23.5 Å². The zero-order valence-electron chi connectivity index (χ0n) is 14.0. The minimum absolute atomic E-state index is 0.519. The van der Waals surface area contributed by atoms with Crippen LogP contribution in [0.2, 0.25) is 0 Å². The molecule has 0 amide bonds. The summed E-state index contributed by atoms with van der Waals surface area (Å²) < 4.78 is 0. The molecule has 0 radical (unpaired) electrons. The standard InChI is InChI=1S/C17H25N5S/c1-3-6-17-19-14(13-23-17)11-21(2)12-15-7-5-10-22(15)16-8-4-9-18-20-16/h4,8-9,13,15H,3,5-7,10-12H2,1-2H3/t15-/m1/s1. The molecule has 0 bridgehead atoms. The first kappa shape index (κ1) is 16.3. The van der Waals surface area contributed by atoms with Crippen LogP contribution >= 0.6 is 11.3 Å². The van der Waals surface area contributed by atoms with E-state index >= 15 is 0 Å². The molecule has 23 heavy (non-hydrogen) atoms. The summed E-state index contributed by atoms with van der Waals surface area (Å²) in [4.78, 5) is 9.51. The molecule has 1 aliphatic heterocycles. The van der Waals surface area contributed by atoms with E-state index in [1.54, 1.807) is 17.5 Å². The lowest BCUT2D eigenvalue weighted by Crippen LogP contribution is -2.39. The molecule has 2 aromatic heterocycles. The van der Waals surface area contributed by atoms with E-state index in [0.717, 1.165) is 38.3 Å². The third-order valence-corrected chi connectivity index (χ3v) is 5.20. The fourth-order valence-electron chi connectivity index (χ4n) is 3.22. The van der Waals surface area contributed by atoms with E-state index in [-0.39, 0.29) is 0 Å². The number of hydrogen-bond donors (Lipinski definition) is 0. The van der Waals surface area contributed by atoms with Crippen LogP contribution in [-0.4, -0.2) is 46.3 Å². The van der Waals surface area contributed by atoms with Crippen molar-refractivity contribution in [2.75, 3.05) is 25.0 Å². The van der Waals surface area contributed by atoms with Gasteiger partial charge in [0, 0.05) is 37.3 Å². The highest BCUT2D eigenvalue weighted by molar-refractivity contribution is 7.09. The van der Waals surface area contributed by atoms with Gasteiger partial charge in [0.25, 0.3) is 0 Å². The Balaban J connectivity index is 1.57. The van der Waals surface area contributed by atoms with Crippen LogP contribution in [0.5, 0.6) is 0 Å². The van der Waals surface area contributed by atoms with Crippen molar-refractivity contribution in [3.05, 3.63) is 34.4 Å². The molecule has 0 aromatic carbocycles. The minimum atomic E-state index is 0.519. The van der Waals surface area contributed by atoms with Crippen molar-refractivity contribution in [3.8, 4) is 0 Å². The maximum Gasteiger partial charge on any atom is 0.151 e. The van der Waals surface area contributed by atoms with Gasteiger partial charge in [-0.3, -0.25) is 4.90 Å². The van der Waals surface area contributed by atoms with Crippen molar-refractivity contribution in [2.24, 2.45) is 0 Å². The molecule has 0 unspecified atom stereocenters. The third-order valence-electron chi connectivity index (χ3n) is 4.25. The number of aryl methyl sites for hydroxylation is 1. The average Bonchev–Trinajstić information content (AvgIpc) is 3.18. The van der Waals surface area contributed by atoms with E-state index in [2.05, 4.69) is 45.4 Å². The smallest absolute Gasteiger partial charge is 0.151 e. The molecule has 124 valence electrons. The van der Waals surface area contributed by atoms with Crippen LogP contribution in [0.4, 0.5) is 5.82 Å². The molecular weight excluding hydrogens is 306 g/mol. The number of aromatic nitrogens is 3. The Hall–Kier alpha value is -1.53. The van der Waals surface area contributed by atoms with E-state index in [0.29, 0.717) is 6.04 Å². The van der Waals surface area contributed by atoms with Gasteiger partial charge in [0.1, 0.15) is 0 Å². The topological polar surface area (TPSA) is 45.2 Å². The van der Waals surface area contributed by atoms with Gasteiger partial charge in [-0.05, 0) is 44.9 Å². The van der Waals surface area contributed by atoms with Crippen molar-refractivity contribution in [1.29, 1.82) is 0 Å². The van der Waals surface area contributed by atoms with Gasteiger partial charge in [-0.1, -0.05) is 6.92 Å². The second-order valence-corrected chi connectivity index (χ2v) is 7.19. The molecule has 3 rings (SSSR count). The molecule has 1 fully saturated rings. The fourth-order valence-corrected chi connectivity index (χ4v) is 4.12. The summed E-state index contributed by atoms with van der Waals surface area (Å²) in [5.74, 6) is 1.00. The van der Waals surface area contributed by atoms with Crippen molar-refractivity contribution in [3.63, 3.8) is 0 Å². The normalized spacial score (nSPS) is 18.0. The van der Waals surface area contributed by atoms with E-state index in [1.807, 2.05) is 6.07 Å². The van der Waals surface area contributed by atoms with Crippen LogP contribution in [0.15, 0.2) is 23.7 Å². The van der Waals surface area contributed by atoms with E-state index in [4.69, 9.17) is 4.98 Å². The molecule has 0 N–H and O–H groups in total. The Labute approximate surface area is 142 Å². The average molecular weight is 331 g/mol. The number of nitrogens with zero attached hydrogens (tertiary/aromatic N) is 5. The quantitative estimate of drug-likeness (QED) is 0.780. The van der Waals surface area contributed by atoms with Crippen LogP contribution in [0.1, 0.15) is 36.9 Å². The molecule has 2 aromatic rings. The van der Waals surface area contributed by atoms with Crippen molar-refractivity contribution < 1.29 is 0 Å². The lowest BCUT2D eigenvalue weighted by atomic mass is 10.2. The Morgan fingerprint density at radius 3 is 3.13 bits per heavy atom. The molecular formula is C17H25N5S. The number of likely N-dealkylation sites (N-methyl/N-ethyl adjacent to an activating group) is 1. The first-order valence-electron chi connectivity index (χ1n) is 8.42. The lowest BCUT2D eigenvalue weighted by Gasteiger charge is -2.28. The highest BCUT2D eigenvalue weighted by Gasteiger charge is 2.26. The van der Waals surface area contributed by atoms with E-state index < -0.39 is 0 Å². The summed E-state index contributed by atoms with van der Waals surface area (Å²) in [6.07, 6.45) is 6.44. The summed E-state index contributed by atoms with van der Waals surface area (Å²) in [5, 5.41) is 11.8. The number of anilines is 1. The van der Waals surface area contributed by atoms with Gasteiger partial charge in [0.2, 0.25) is 0 Å². The maximum absolute atomic E-state index is 4.73. The van der Waals surface area contributed by atoms with Crippen molar-refractivity contribution in [2.45, 2.75) is 45.2 Å². The Morgan fingerprint density at radius 1 is 1.43 bits per heavy atom. The Kier molecular flexibility index (Phi) is 5.56. The maximum atomic E-state index is 4.73. The summed E-state index contributed by atoms with van der Waals surface area (Å²) in [7, 11) is 2.19. The predicted molar refractivity (Wildman–Crippen MR) is 94.8 cm³/mol. The molecule has 0 spiro atoms. The van der Waals surface area contributed by atoms with Gasteiger partial charge in [0.05, 0.1) is 10.7 Å². The van der Waals surface area contributed by atoms with Crippen LogP contribution in [0.25, 0.3) is 0 Å². The second-order valence-electron chi connectivity index (χ2n) is 6.25. The highest BCUT2D eigenvalue weighted by Crippen LogP contribution is 2.24. The largest absolute Gasteiger partial charge is 0.351 e. The monoisotopic (exact) mass is 331 g/mol. The summed E-state index contributed by atoms with van der Waals surface area (Å²) >= 11 is 1.79. The predicted octanol–water partition coefficient (Wildman–Crippen LogP) is 2.99. The van der Waals surface area contributed by atoms with Crippen molar-refractivity contribution in [1.82, 2.24) is 20.1 Å². The number of hydrogen-bond acceptors (Lipinski definition) is 6. The van der Waals surface area contributed by atoms with Crippen LogP contribution in [0, 0.1) is 0 Å². The molecule has 0 aliphatic carbocycles. The highest BCUT2D eigenvalue weighted by atomic mass is 32.1. The zero-order valence-corrected chi connectivity index (χ0v) is 14.8. The summed E-state index contributed by atoms with van der Waals surface area (Å²) in [6.45, 7) is 5.24. The number of rotatable bonds is 7. The van der Waals surface area contributed by atoms with Gasteiger partial charge < -0.3 is 4.90 Å². The molecule has 6 heteroatoms. The number of thiazole rings is 1. The van der Waals surface area contributed by atoms with Gasteiger partial charge in [-0.2, -0.15) is 5.10 Å². The van der Waals surface area contributed by atoms with Crippen LogP contribution < -0.4 is 4.90 Å². The second kappa shape index (κ2) is 7.84. The summed E-state index contributed by atoms with van der Waals surface area (Å²) in [5.41, 5.74) is 1.20. The van der Waals surface area contributed by atoms with Gasteiger partial charge in [-0.25, -0.2) is 4.98 Å². The zero-order chi connectivity index (χ0) is 16.1. The lowest BCUT2D eigenvalue weighted by molar-refractivity contribution is 0.300. The minimum Gasteiger partial charge on any atom is -0.351 e. The van der Waals surface area contributed by atoms with Crippen molar-refractivity contribution >= 4 is 17.2 Å². The van der Waals surface area contributed by atoms with Crippen LogP contribution in [-0.2, 0) is 13.0 Å². The van der Waals surface area contributed by atoms with Crippen LogP contribution in [0.3, 0.4) is 0 Å². The summed E-state index contributed by atoms with van der Waals surface area (Å²) in [6, 6.07) is 4.54. The Morgan fingerprint density at radius 2 is 2.35 bits per heavy atom. The molecule has 0 saturated carbocycles. The van der Waals surface area contributed by atoms with Gasteiger partial charge >= 0.3 is 0 Å². The molecule has 3 heterocycles. The third kappa shape index (κ3) is 4.26. The fraction of sp³-hybridized carbons (Fsp3) is 0.588. The molecule has 1 aliphatic rings. The molecule has 1 atom stereocenters. The molecule has 5 nitrogen and oxygen atoms in total. The first-order valence-corrected chi connectivity index (χ1v) is 9.30. The van der Waals surface area contributed by atoms with E-state index in [9.17, 15) is 0 Å². The van der Waals surface area contributed by atoms with Gasteiger partial charge in [0.15, 0.2) is 5.82 Å².